The minimum atomic E-state index is -0.377. The molecule has 3 rings (SSSR count). The van der Waals surface area contributed by atoms with E-state index in [0.29, 0.717) is 28.2 Å². The normalized spacial score (nSPS) is 10.4. The number of anilines is 4. The Morgan fingerprint density at radius 3 is 2.28 bits per heavy atom. The number of rotatable bonds is 5. The maximum Gasteiger partial charge on any atom is 0.255 e. The maximum atomic E-state index is 12.7. The molecule has 0 aromatic heterocycles. The molecule has 0 unspecified atom stereocenters. The van der Waals surface area contributed by atoms with Crippen LogP contribution in [0.3, 0.4) is 0 Å². The summed E-state index contributed by atoms with van der Waals surface area (Å²) in [6.45, 7) is 1.89. The van der Waals surface area contributed by atoms with Crippen LogP contribution in [-0.4, -0.2) is 16.9 Å². The van der Waals surface area contributed by atoms with Crippen LogP contribution in [0.4, 0.5) is 22.7 Å². The molecule has 0 atom stereocenters. The highest BCUT2D eigenvalue weighted by Crippen LogP contribution is 2.24. The number of hydrogen-bond donors (Lipinski definition) is 5. The van der Waals surface area contributed by atoms with E-state index in [0.717, 1.165) is 5.56 Å². The average Bonchev–Trinajstić information content (AvgIpc) is 2.68. The molecular weight excluding hydrogens is 368 g/mol. The fourth-order valence-corrected chi connectivity index (χ4v) is 2.82. The number of phenols is 1. The van der Waals surface area contributed by atoms with E-state index >= 15 is 0 Å². The van der Waals surface area contributed by atoms with Crippen LogP contribution in [-0.2, 0) is 11.2 Å². The zero-order valence-corrected chi connectivity index (χ0v) is 15.9. The number of carbonyl (C=O) groups is 2. The molecule has 7 nitrogen and oxygen atoms in total. The zero-order chi connectivity index (χ0) is 21.0. The Morgan fingerprint density at radius 1 is 0.897 bits per heavy atom. The third-order valence-corrected chi connectivity index (χ3v) is 4.46. The number of aryl methyl sites for hydroxylation is 1. The summed E-state index contributed by atoms with van der Waals surface area (Å²) in [6, 6.07) is 16.6. The molecule has 0 bridgehead atoms. The van der Waals surface area contributed by atoms with Crippen LogP contribution in [0.1, 0.15) is 21.5 Å². The Kier molecular flexibility index (Phi) is 5.69. The number of amides is 2. The molecular formula is C22H22N4O3. The molecule has 2 amide bonds. The summed E-state index contributed by atoms with van der Waals surface area (Å²) in [5, 5.41) is 15.0. The predicted octanol–water partition coefficient (Wildman–Crippen LogP) is 3.30. The van der Waals surface area contributed by atoms with Gasteiger partial charge in [-0.25, -0.2) is 0 Å². The van der Waals surface area contributed by atoms with E-state index in [1.807, 2.05) is 13.0 Å². The van der Waals surface area contributed by atoms with Gasteiger partial charge in [0.2, 0.25) is 5.91 Å². The Labute approximate surface area is 168 Å². The number of phenolic OH excluding ortho intramolecular Hbond substituents is 1. The van der Waals surface area contributed by atoms with Gasteiger partial charge in [0.25, 0.3) is 5.91 Å². The molecule has 0 fully saturated rings. The summed E-state index contributed by atoms with van der Waals surface area (Å²) in [5.41, 5.74) is 15.2. The predicted molar refractivity (Wildman–Crippen MR) is 115 cm³/mol. The first-order valence-corrected chi connectivity index (χ1v) is 8.97. The minimum absolute atomic E-state index is 0.0229. The van der Waals surface area contributed by atoms with E-state index in [2.05, 4.69) is 10.6 Å². The maximum absolute atomic E-state index is 12.7. The number of nitrogens with one attached hydrogen (secondary N) is 2. The van der Waals surface area contributed by atoms with Crippen LogP contribution < -0.4 is 22.1 Å². The van der Waals surface area contributed by atoms with Gasteiger partial charge in [0.05, 0.1) is 12.1 Å². The molecule has 0 saturated heterocycles. The molecule has 7 N–H and O–H groups in total. The monoisotopic (exact) mass is 390 g/mol. The first-order valence-electron chi connectivity index (χ1n) is 8.97. The van der Waals surface area contributed by atoms with Gasteiger partial charge in [-0.05, 0) is 54.4 Å². The highest BCUT2D eigenvalue weighted by Gasteiger charge is 2.15. The number of nitrogens with two attached hydrogens (primary N) is 2. The van der Waals surface area contributed by atoms with E-state index in [1.54, 1.807) is 42.5 Å². The topological polar surface area (TPSA) is 130 Å². The number of benzene rings is 3. The molecule has 0 spiro atoms. The number of carbonyl (C=O) groups excluding carboxylic acids is 2. The summed E-state index contributed by atoms with van der Waals surface area (Å²) in [6.07, 6.45) is 0.0229. The Bertz CT molecular complexity index is 1080. The SMILES string of the molecule is Cc1ccc(NC(=O)Cc2ccccc2C(=O)Nc2ccc(O)c(N)c2)cc1N. The second-order valence-corrected chi connectivity index (χ2v) is 6.68. The third kappa shape index (κ3) is 4.84. The van der Waals surface area contributed by atoms with Crippen LogP contribution in [0.25, 0.3) is 0 Å². The van der Waals surface area contributed by atoms with Crippen LogP contribution in [0.5, 0.6) is 5.75 Å². The lowest BCUT2D eigenvalue weighted by Gasteiger charge is -2.12. The molecule has 0 saturated carbocycles. The number of nitrogen functional groups attached to an aromatic ring is 2. The lowest BCUT2D eigenvalue weighted by atomic mass is 10.0. The van der Waals surface area contributed by atoms with Crippen LogP contribution in [0.2, 0.25) is 0 Å². The van der Waals surface area contributed by atoms with Gasteiger partial charge in [0.1, 0.15) is 5.75 Å². The zero-order valence-electron chi connectivity index (χ0n) is 15.9. The van der Waals surface area contributed by atoms with Crippen molar-refractivity contribution in [3.05, 3.63) is 77.4 Å². The third-order valence-electron chi connectivity index (χ3n) is 4.46. The van der Waals surface area contributed by atoms with Crippen molar-refractivity contribution in [2.75, 3.05) is 22.1 Å². The standard InChI is InChI=1S/C22H22N4O3/c1-13-6-7-15(11-18(13)23)25-21(28)10-14-4-2-3-5-17(14)22(29)26-16-8-9-20(27)19(24)12-16/h2-9,11-12,27H,10,23-24H2,1H3,(H,25,28)(H,26,29). The van der Waals surface area contributed by atoms with Gasteiger partial charge >= 0.3 is 0 Å². The molecule has 0 aliphatic carbocycles. The summed E-state index contributed by atoms with van der Waals surface area (Å²) in [5.74, 6) is -0.697. The summed E-state index contributed by atoms with van der Waals surface area (Å²) >= 11 is 0. The van der Waals surface area contributed by atoms with E-state index in [-0.39, 0.29) is 29.7 Å². The van der Waals surface area contributed by atoms with Crippen molar-refractivity contribution >= 4 is 34.6 Å². The molecule has 0 radical (unpaired) electrons. The van der Waals surface area contributed by atoms with E-state index in [9.17, 15) is 14.7 Å². The Hall–Kier alpha value is -4.00. The average molecular weight is 390 g/mol. The molecule has 0 aliphatic heterocycles. The van der Waals surface area contributed by atoms with Crippen molar-refractivity contribution in [1.29, 1.82) is 0 Å². The quantitative estimate of drug-likeness (QED) is 0.259. The Balaban J connectivity index is 1.73. The molecule has 148 valence electrons. The molecule has 3 aromatic carbocycles. The fourth-order valence-electron chi connectivity index (χ4n) is 2.82. The van der Waals surface area contributed by atoms with Gasteiger partial charge in [0.15, 0.2) is 0 Å². The lowest BCUT2D eigenvalue weighted by Crippen LogP contribution is -2.19. The van der Waals surface area contributed by atoms with Gasteiger partial charge < -0.3 is 27.2 Å². The van der Waals surface area contributed by atoms with Crippen LogP contribution >= 0.6 is 0 Å². The molecule has 0 heterocycles. The molecule has 0 aliphatic rings. The van der Waals surface area contributed by atoms with Crippen molar-refractivity contribution in [2.24, 2.45) is 0 Å². The highest BCUT2D eigenvalue weighted by atomic mass is 16.3. The minimum Gasteiger partial charge on any atom is -0.506 e. The fraction of sp³-hybridized carbons (Fsp3) is 0.0909. The second kappa shape index (κ2) is 8.35. The van der Waals surface area contributed by atoms with Gasteiger partial charge in [-0.15, -0.1) is 0 Å². The van der Waals surface area contributed by atoms with Gasteiger partial charge in [-0.2, -0.15) is 0 Å². The van der Waals surface area contributed by atoms with Crippen molar-refractivity contribution in [3.63, 3.8) is 0 Å². The first kappa shape index (κ1) is 19.8. The second-order valence-electron chi connectivity index (χ2n) is 6.68. The smallest absolute Gasteiger partial charge is 0.255 e. The number of hydrogen-bond acceptors (Lipinski definition) is 5. The van der Waals surface area contributed by atoms with Crippen LogP contribution in [0, 0.1) is 6.92 Å². The molecule has 29 heavy (non-hydrogen) atoms. The van der Waals surface area contributed by atoms with Crippen molar-refractivity contribution < 1.29 is 14.7 Å². The molecule has 7 heteroatoms. The highest BCUT2D eigenvalue weighted by molar-refractivity contribution is 6.06. The Morgan fingerprint density at radius 2 is 1.55 bits per heavy atom. The van der Waals surface area contributed by atoms with Gasteiger partial charge in [0, 0.05) is 22.6 Å². The van der Waals surface area contributed by atoms with Crippen molar-refractivity contribution in [3.8, 4) is 5.75 Å². The van der Waals surface area contributed by atoms with Crippen molar-refractivity contribution in [1.82, 2.24) is 0 Å². The van der Waals surface area contributed by atoms with Gasteiger partial charge in [-0.3, -0.25) is 9.59 Å². The van der Waals surface area contributed by atoms with Gasteiger partial charge in [-0.1, -0.05) is 24.3 Å². The summed E-state index contributed by atoms with van der Waals surface area (Å²) in [7, 11) is 0. The first-order chi connectivity index (χ1) is 13.8. The van der Waals surface area contributed by atoms with Crippen LogP contribution in [0.15, 0.2) is 60.7 Å². The summed E-state index contributed by atoms with van der Waals surface area (Å²) in [4.78, 5) is 25.2. The summed E-state index contributed by atoms with van der Waals surface area (Å²) < 4.78 is 0. The number of aromatic hydroxyl groups is 1. The van der Waals surface area contributed by atoms with Crippen molar-refractivity contribution in [2.45, 2.75) is 13.3 Å². The van der Waals surface area contributed by atoms with E-state index < -0.39 is 0 Å². The largest absolute Gasteiger partial charge is 0.506 e. The lowest BCUT2D eigenvalue weighted by molar-refractivity contribution is -0.115. The van der Waals surface area contributed by atoms with E-state index in [1.165, 1.54) is 12.1 Å². The van der Waals surface area contributed by atoms with E-state index in [4.69, 9.17) is 11.5 Å². The molecule has 3 aromatic rings.